The van der Waals surface area contributed by atoms with E-state index in [2.05, 4.69) is 68.8 Å². The Bertz CT molecular complexity index is 1380. The summed E-state index contributed by atoms with van der Waals surface area (Å²) in [6.45, 7) is 6.57. The number of aromatic nitrogens is 2. The first kappa shape index (κ1) is 18.8. The van der Waals surface area contributed by atoms with Gasteiger partial charge in [0.05, 0.1) is 5.56 Å². The number of rotatable bonds is 2. The van der Waals surface area contributed by atoms with Gasteiger partial charge in [-0.1, -0.05) is 49.9 Å². The molecule has 3 aromatic carbocycles. The van der Waals surface area contributed by atoms with Gasteiger partial charge in [-0.05, 0) is 66.8 Å². The van der Waals surface area contributed by atoms with Crippen LogP contribution in [0.5, 0.6) is 11.6 Å². The highest BCUT2D eigenvalue weighted by molar-refractivity contribution is 6.05. The van der Waals surface area contributed by atoms with Crippen molar-refractivity contribution in [2.45, 2.75) is 52.9 Å². The van der Waals surface area contributed by atoms with Crippen LogP contribution in [-0.2, 0) is 13.5 Å². The highest BCUT2D eigenvalue weighted by atomic mass is 16.5. The monoisotopic (exact) mass is 409 g/mol. The summed E-state index contributed by atoms with van der Waals surface area (Å²) in [7, 11) is 2.17. The van der Waals surface area contributed by atoms with E-state index in [-0.39, 0.29) is 0 Å². The van der Waals surface area contributed by atoms with Crippen molar-refractivity contribution < 1.29 is 9.30 Å². The molecular weight excluding hydrogens is 380 g/mol. The Morgan fingerprint density at radius 2 is 1.87 bits per heavy atom. The van der Waals surface area contributed by atoms with Crippen molar-refractivity contribution in [1.29, 1.82) is 0 Å². The molecule has 3 nitrogen and oxygen atoms in total. The first-order valence-corrected chi connectivity index (χ1v) is 11.6. The van der Waals surface area contributed by atoms with Crippen molar-refractivity contribution in [3.63, 3.8) is 0 Å². The van der Waals surface area contributed by atoms with Crippen molar-refractivity contribution >= 4 is 21.8 Å². The molecule has 3 heteroatoms. The predicted octanol–water partition coefficient (Wildman–Crippen LogP) is 6.64. The van der Waals surface area contributed by atoms with E-state index < -0.39 is 0 Å². The molecule has 4 aromatic rings. The second-order valence-electron chi connectivity index (χ2n) is 9.62. The Balaban J connectivity index is 1.65. The van der Waals surface area contributed by atoms with Crippen molar-refractivity contribution in [3.05, 3.63) is 58.7 Å². The van der Waals surface area contributed by atoms with E-state index in [1.165, 1.54) is 69.8 Å². The largest absolute Gasteiger partial charge is 0.433 e. The van der Waals surface area contributed by atoms with E-state index in [1.807, 2.05) is 0 Å². The third-order valence-electron chi connectivity index (χ3n) is 7.50. The summed E-state index contributed by atoms with van der Waals surface area (Å²) in [5.74, 6) is 2.46. The first-order chi connectivity index (χ1) is 15.0. The maximum atomic E-state index is 6.51. The van der Waals surface area contributed by atoms with Crippen LogP contribution >= 0.6 is 0 Å². The van der Waals surface area contributed by atoms with Crippen molar-refractivity contribution in [2.75, 3.05) is 0 Å². The van der Waals surface area contributed by atoms with Crippen LogP contribution in [0.3, 0.4) is 0 Å². The minimum atomic E-state index is 0.738. The molecule has 0 atom stereocenters. The van der Waals surface area contributed by atoms with Gasteiger partial charge in [0.15, 0.2) is 0 Å². The fourth-order valence-electron chi connectivity index (χ4n) is 5.80. The van der Waals surface area contributed by atoms with Crippen LogP contribution in [0.1, 0.15) is 47.9 Å². The van der Waals surface area contributed by atoms with Gasteiger partial charge in [-0.2, -0.15) is 4.57 Å². The minimum absolute atomic E-state index is 0.738. The van der Waals surface area contributed by atoms with Crippen molar-refractivity contribution in [2.24, 2.45) is 13.0 Å². The lowest BCUT2D eigenvalue weighted by molar-refractivity contribution is -0.634. The van der Waals surface area contributed by atoms with Gasteiger partial charge in [0.2, 0.25) is 5.52 Å². The zero-order valence-corrected chi connectivity index (χ0v) is 18.9. The van der Waals surface area contributed by atoms with Crippen LogP contribution in [0.25, 0.3) is 33.1 Å². The Kier molecular flexibility index (Phi) is 4.11. The second kappa shape index (κ2) is 6.78. The summed E-state index contributed by atoms with van der Waals surface area (Å²) in [6.07, 6.45) is 6.54. The molecular formula is C28H29N2O+. The summed E-state index contributed by atoms with van der Waals surface area (Å²) >= 11 is 0. The topological polar surface area (TPSA) is 26.0 Å². The molecule has 6 rings (SSSR count). The summed E-state index contributed by atoms with van der Waals surface area (Å²) < 4.78 is 8.81. The average Bonchev–Trinajstić information content (AvgIpc) is 3.24. The van der Waals surface area contributed by atoms with Crippen molar-refractivity contribution in [1.82, 2.24) is 4.98 Å². The molecule has 156 valence electrons. The van der Waals surface area contributed by atoms with E-state index in [0.717, 1.165) is 35.2 Å². The van der Waals surface area contributed by atoms with Gasteiger partial charge in [0.25, 0.3) is 11.6 Å². The Hall–Kier alpha value is -2.94. The number of aryl methyl sites for hydroxylation is 3. The number of hydrogen-bond donors (Lipinski definition) is 0. The van der Waals surface area contributed by atoms with E-state index in [4.69, 9.17) is 9.72 Å². The van der Waals surface area contributed by atoms with E-state index in [9.17, 15) is 0 Å². The fraction of sp³-hybridized carbons (Fsp3) is 0.357. The Morgan fingerprint density at radius 3 is 2.68 bits per heavy atom. The Labute approximate surface area is 183 Å². The zero-order valence-electron chi connectivity index (χ0n) is 18.9. The molecule has 0 N–H and O–H groups in total. The average molecular weight is 410 g/mol. The molecule has 1 fully saturated rings. The van der Waals surface area contributed by atoms with Gasteiger partial charge in [-0.15, -0.1) is 0 Å². The maximum Gasteiger partial charge on any atom is 0.294 e. The molecule has 0 unspecified atom stereocenters. The SMILES string of the molecule is Cc1cc2c3c(c(C)c(C)cc3c1)-c1c(nc3c(CC4CCCC4)cccc3[n+]1C)O2. The molecule has 0 spiro atoms. The standard InChI is InChI=1S/C28H29N2O/c1-16-12-21-14-17(2)18(3)24-25(21)23(13-16)31-28-27(24)30(4)22-11-7-10-20(26(22)29-28)15-19-8-5-6-9-19/h7,10-14,19H,5-6,8-9,15H2,1-4H3/q+1. The van der Waals surface area contributed by atoms with Gasteiger partial charge in [-0.25, -0.2) is 4.98 Å². The number of nitrogens with zero attached hydrogens (tertiary/aromatic N) is 2. The van der Waals surface area contributed by atoms with Crippen LogP contribution in [0.15, 0.2) is 36.4 Å². The normalized spacial score (nSPS) is 15.5. The number of hydrogen-bond acceptors (Lipinski definition) is 2. The molecule has 0 amide bonds. The van der Waals surface area contributed by atoms with Crippen LogP contribution in [0, 0.1) is 26.7 Å². The maximum absolute atomic E-state index is 6.51. The molecule has 2 aliphatic rings. The molecule has 0 saturated heterocycles. The van der Waals surface area contributed by atoms with Gasteiger partial charge in [-0.3, -0.25) is 0 Å². The van der Waals surface area contributed by atoms with Gasteiger partial charge < -0.3 is 4.74 Å². The molecule has 31 heavy (non-hydrogen) atoms. The smallest absolute Gasteiger partial charge is 0.294 e. The predicted molar refractivity (Wildman–Crippen MR) is 126 cm³/mol. The van der Waals surface area contributed by atoms with Gasteiger partial charge in [0, 0.05) is 11.5 Å². The summed E-state index contributed by atoms with van der Waals surface area (Å²) in [5.41, 5.74) is 9.82. The van der Waals surface area contributed by atoms with Gasteiger partial charge in [0.1, 0.15) is 18.3 Å². The fourth-order valence-corrected chi connectivity index (χ4v) is 5.80. The quantitative estimate of drug-likeness (QED) is 0.305. The summed E-state index contributed by atoms with van der Waals surface area (Å²) in [6, 6.07) is 13.4. The Morgan fingerprint density at radius 1 is 1.06 bits per heavy atom. The third-order valence-corrected chi connectivity index (χ3v) is 7.50. The molecule has 1 aromatic heterocycles. The van der Waals surface area contributed by atoms with E-state index >= 15 is 0 Å². The number of ether oxygens (including phenoxy) is 1. The second-order valence-corrected chi connectivity index (χ2v) is 9.62. The number of benzene rings is 3. The van der Waals surface area contributed by atoms with E-state index in [1.54, 1.807) is 0 Å². The summed E-state index contributed by atoms with van der Waals surface area (Å²) in [5, 5.41) is 2.45. The van der Waals surface area contributed by atoms with E-state index in [0.29, 0.717) is 0 Å². The lowest BCUT2D eigenvalue weighted by atomic mass is 9.90. The van der Waals surface area contributed by atoms with Crippen LogP contribution < -0.4 is 9.30 Å². The summed E-state index contributed by atoms with van der Waals surface area (Å²) in [4.78, 5) is 5.16. The third kappa shape index (κ3) is 2.79. The molecule has 1 saturated carbocycles. The van der Waals surface area contributed by atoms with Gasteiger partial charge >= 0.3 is 0 Å². The lowest BCUT2D eigenvalue weighted by Gasteiger charge is -2.22. The first-order valence-electron chi connectivity index (χ1n) is 11.6. The zero-order chi connectivity index (χ0) is 21.3. The van der Waals surface area contributed by atoms with Crippen LogP contribution in [0.4, 0.5) is 0 Å². The van der Waals surface area contributed by atoms with Crippen LogP contribution in [-0.4, -0.2) is 4.98 Å². The molecule has 1 aliphatic carbocycles. The number of fused-ring (bicyclic) bond motifs is 3. The highest BCUT2D eigenvalue weighted by Gasteiger charge is 2.33. The molecule has 0 radical (unpaired) electrons. The molecule has 2 heterocycles. The number of para-hydroxylation sites is 1. The van der Waals surface area contributed by atoms with Crippen molar-refractivity contribution in [3.8, 4) is 22.9 Å². The molecule has 0 bridgehead atoms. The highest BCUT2D eigenvalue weighted by Crippen LogP contribution is 2.47. The van der Waals surface area contributed by atoms with Crippen LogP contribution in [0.2, 0.25) is 0 Å². The lowest BCUT2D eigenvalue weighted by Crippen LogP contribution is -2.34. The molecule has 1 aliphatic heterocycles. The minimum Gasteiger partial charge on any atom is -0.433 e.